The van der Waals surface area contributed by atoms with Crippen LogP contribution in [0.5, 0.6) is 0 Å². The van der Waals surface area contributed by atoms with Gasteiger partial charge >= 0.3 is 0 Å². The predicted octanol–water partition coefficient (Wildman–Crippen LogP) is 2.80. The Labute approximate surface area is 152 Å². The van der Waals surface area contributed by atoms with Gasteiger partial charge in [-0.15, -0.1) is 0 Å². The summed E-state index contributed by atoms with van der Waals surface area (Å²) in [6.45, 7) is 3.01. The molecule has 1 unspecified atom stereocenters. The van der Waals surface area contributed by atoms with Crippen LogP contribution in [0, 0.1) is 0 Å². The summed E-state index contributed by atoms with van der Waals surface area (Å²) in [5, 5.41) is 7.96. The molecule has 3 N–H and O–H groups in total. The lowest BCUT2D eigenvalue weighted by Gasteiger charge is -2.13. The molecule has 1 atom stereocenters. The normalized spacial score (nSPS) is 11.6. The molecule has 0 aliphatic heterocycles. The van der Waals surface area contributed by atoms with Crippen molar-refractivity contribution in [2.75, 3.05) is 10.6 Å². The van der Waals surface area contributed by atoms with Crippen molar-refractivity contribution in [3.8, 4) is 0 Å². The fraction of sp³-hybridized carbons (Fsp3) is 0.150. The number of anilines is 2. The molecular weight excluding hydrogens is 330 g/mol. The van der Waals surface area contributed by atoms with Crippen LogP contribution in [0.15, 0.2) is 60.7 Å². The van der Waals surface area contributed by atoms with E-state index in [0.717, 1.165) is 5.56 Å². The molecule has 0 heterocycles. The van der Waals surface area contributed by atoms with Gasteiger partial charge in [0.1, 0.15) is 6.04 Å². The number of carbonyl (C=O) groups excluding carboxylic acids is 3. The molecule has 0 saturated carbocycles. The first-order valence-corrected chi connectivity index (χ1v) is 8.16. The molecule has 0 spiro atoms. The molecular formula is C20H21N3O3. The first kappa shape index (κ1) is 18.9. The number of rotatable bonds is 6. The number of carbonyl (C=O) groups is 3. The Morgan fingerprint density at radius 3 is 2.23 bits per heavy atom. The zero-order valence-corrected chi connectivity index (χ0v) is 14.7. The lowest BCUT2D eigenvalue weighted by molar-refractivity contribution is -0.123. The van der Waals surface area contributed by atoms with Gasteiger partial charge in [0.25, 0.3) is 0 Å². The first-order valence-electron chi connectivity index (χ1n) is 8.16. The van der Waals surface area contributed by atoms with Gasteiger partial charge in [-0.1, -0.05) is 36.4 Å². The molecule has 6 nitrogen and oxygen atoms in total. The van der Waals surface area contributed by atoms with Crippen molar-refractivity contribution in [1.82, 2.24) is 5.32 Å². The number of amides is 3. The zero-order valence-electron chi connectivity index (χ0n) is 14.7. The summed E-state index contributed by atoms with van der Waals surface area (Å²) in [6, 6.07) is 15.5. The van der Waals surface area contributed by atoms with Crippen molar-refractivity contribution in [2.45, 2.75) is 19.9 Å². The van der Waals surface area contributed by atoms with E-state index >= 15 is 0 Å². The molecule has 0 aliphatic carbocycles. The fourth-order valence-electron chi connectivity index (χ4n) is 2.19. The van der Waals surface area contributed by atoms with E-state index in [1.807, 2.05) is 30.3 Å². The van der Waals surface area contributed by atoms with Crippen molar-refractivity contribution in [1.29, 1.82) is 0 Å². The Balaban J connectivity index is 1.90. The van der Waals surface area contributed by atoms with E-state index in [9.17, 15) is 14.4 Å². The van der Waals surface area contributed by atoms with E-state index in [4.69, 9.17) is 0 Å². The lowest BCUT2D eigenvalue weighted by Crippen LogP contribution is -2.40. The van der Waals surface area contributed by atoms with Gasteiger partial charge < -0.3 is 16.0 Å². The molecule has 0 fully saturated rings. The molecule has 0 saturated heterocycles. The Hall–Kier alpha value is -3.41. The highest BCUT2D eigenvalue weighted by Gasteiger charge is 2.14. The highest BCUT2D eigenvalue weighted by Crippen LogP contribution is 2.15. The van der Waals surface area contributed by atoms with Crippen LogP contribution < -0.4 is 16.0 Å². The highest BCUT2D eigenvalue weighted by molar-refractivity contribution is 6.00. The standard InChI is InChI=1S/C20H21N3O3/c1-14(21-19(25)12-11-16-7-4-3-5-8-16)20(26)23-18-10-6-9-17(13-18)22-15(2)24/h3-14H,1-2H3,(H,21,25)(H,22,24)(H,23,26)/b12-11+. The van der Waals surface area contributed by atoms with Crippen LogP contribution in [0.25, 0.3) is 6.08 Å². The topological polar surface area (TPSA) is 87.3 Å². The summed E-state index contributed by atoms with van der Waals surface area (Å²) in [5.41, 5.74) is 2.01. The second kappa shape index (κ2) is 9.17. The average Bonchev–Trinajstić information content (AvgIpc) is 2.60. The molecule has 0 aliphatic rings. The van der Waals surface area contributed by atoms with Gasteiger partial charge in [-0.05, 0) is 36.8 Å². The molecule has 0 aromatic heterocycles. The van der Waals surface area contributed by atoms with E-state index in [2.05, 4.69) is 16.0 Å². The number of nitrogens with one attached hydrogen (secondary N) is 3. The average molecular weight is 351 g/mol. The first-order chi connectivity index (χ1) is 12.4. The second-order valence-corrected chi connectivity index (χ2v) is 5.73. The Bertz CT molecular complexity index is 816. The van der Waals surface area contributed by atoms with Gasteiger partial charge in [-0.2, -0.15) is 0 Å². The van der Waals surface area contributed by atoms with Gasteiger partial charge in [0, 0.05) is 24.4 Å². The van der Waals surface area contributed by atoms with Crippen molar-refractivity contribution in [3.63, 3.8) is 0 Å². The Morgan fingerprint density at radius 1 is 0.923 bits per heavy atom. The third kappa shape index (κ3) is 6.24. The minimum atomic E-state index is -0.715. The summed E-state index contributed by atoms with van der Waals surface area (Å²) >= 11 is 0. The fourth-order valence-corrected chi connectivity index (χ4v) is 2.19. The second-order valence-electron chi connectivity index (χ2n) is 5.73. The van der Waals surface area contributed by atoms with E-state index in [1.54, 1.807) is 37.3 Å². The molecule has 2 aromatic rings. The van der Waals surface area contributed by atoms with Gasteiger partial charge in [-0.3, -0.25) is 14.4 Å². The third-order valence-electron chi connectivity index (χ3n) is 3.43. The van der Waals surface area contributed by atoms with Crippen LogP contribution in [-0.4, -0.2) is 23.8 Å². The maximum Gasteiger partial charge on any atom is 0.246 e. The van der Waals surface area contributed by atoms with Crippen LogP contribution >= 0.6 is 0 Å². The molecule has 0 bridgehead atoms. The SMILES string of the molecule is CC(=O)Nc1cccc(NC(=O)C(C)NC(=O)/C=C/c2ccccc2)c1. The maximum atomic E-state index is 12.2. The van der Waals surface area contributed by atoms with Gasteiger partial charge in [0.05, 0.1) is 0 Å². The molecule has 6 heteroatoms. The summed E-state index contributed by atoms with van der Waals surface area (Å²) < 4.78 is 0. The lowest BCUT2D eigenvalue weighted by atomic mass is 10.2. The van der Waals surface area contributed by atoms with Gasteiger partial charge in [0.2, 0.25) is 17.7 Å². The minimum Gasteiger partial charge on any atom is -0.341 e. The van der Waals surface area contributed by atoms with Gasteiger partial charge in [-0.25, -0.2) is 0 Å². The molecule has 2 aromatic carbocycles. The maximum absolute atomic E-state index is 12.2. The Kier molecular flexibility index (Phi) is 6.68. The number of benzene rings is 2. The van der Waals surface area contributed by atoms with E-state index in [-0.39, 0.29) is 17.7 Å². The van der Waals surface area contributed by atoms with Crippen LogP contribution in [0.1, 0.15) is 19.4 Å². The molecule has 0 radical (unpaired) electrons. The summed E-state index contributed by atoms with van der Waals surface area (Å²) in [4.78, 5) is 35.2. The largest absolute Gasteiger partial charge is 0.341 e. The molecule has 26 heavy (non-hydrogen) atoms. The van der Waals surface area contributed by atoms with Gasteiger partial charge in [0.15, 0.2) is 0 Å². The van der Waals surface area contributed by atoms with Crippen molar-refractivity contribution in [2.24, 2.45) is 0 Å². The van der Waals surface area contributed by atoms with E-state index in [0.29, 0.717) is 11.4 Å². The quantitative estimate of drug-likeness (QED) is 0.699. The highest BCUT2D eigenvalue weighted by atomic mass is 16.2. The summed E-state index contributed by atoms with van der Waals surface area (Å²) in [6.07, 6.45) is 3.06. The van der Waals surface area contributed by atoms with E-state index < -0.39 is 6.04 Å². The van der Waals surface area contributed by atoms with Crippen LogP contribution in [0.4, 0.5) is 11.4 Å². The molecule has 3 amide bonds. The monoisotopic (exact) mass is 351 g/mol. The number of hydrogen-bond acceptors (Lipinski definition) is 3. The molecule has 134 valence electrons. The van der Waals surface area contributed by atoms with E-state index in [1.165, 1.54) is 13.0 Å². The summed E-state index contributed by atoms with van der Waals surface area (Å²) in [7, 11) is 0. The van der Waals surface area contributed by atoms with Crippen molar-refractivity contribution >= 4 is 35.2 Å². The van der Waals surface area contributed by atoms with Crippen molar-refractivity contribution in [3.05, 3.63) is 66.2 Å². The molecule has 2 rings (SSSR count). The zero-order chi connectivity index (χ0) is 18.9. The number of hydrogen-bond donors (Lipinski definition) is 3. The summed E-state index contributed by atoms with van der Waals surface area (Å²) in [5.74, 6) is -0.908. The van der Waals surface area contributed by atoms with Crippen LogP contribution in [0.3, 0.4) is 0 Å². The van der Waals surface area contributed by atoms with Crippen molar-refractivity contribution < 1.29 is 14.4 Å². The smallest absolute Gasteiger partial charge is 0.246 e. The van der Waals surface area contributed by atoms with Crippen LogP contribution in [-0.2, 0) is 14.4 Å². The predicted molar refractivity (Wildman–Crippen MR) is 102 cm³/mol. The Morgan fingerprint density at radius 2 is 1.58 bits per heavy atom. The van der Waals surface area contributed by atoms with Crippen LogP contribution in [0.2, 0.25) is 0 Å². The third-order valence-corrected chi connectivity index (χ3v) is 3.43. The minimum absolute atomic E-state index is 0.195.